The van der Waals surface area contributed by atoms with Gasteiger partial charge in [0.15, 0.2) is 0 Å². The van der Waals surface area contributed by atoms with Crippen molar-refractivity contribution < 1.29 is 0 Å². The molecular formula is C50H40N2. The highest BCUT2D eigenvalue weighted by Gasteiger charge is 2.61. The van der Waals surface area contributed by atoms with E-state index in [1.807, 2.05) is 0 Å². The van der Waals surface area contributed by atoms with Gasteiger partial charge in [-0.3, -0.25) is 0 Å². The average molecular weight is 669 g/mol. The average Bonchev–Trinajstić information content (AvgIpc) is 3.68. The van der Waals surface area contributed by atoms with Gasteiger partial charge in [0.05, 0.1) is 22.4 Å². The summed E-state index contributed by atoms with van der Waals surface area (Å²) >= 11 is 0. The largest absolute Gasteiger partial charge is 0.309 e. The van der Waals surface area contributed by atoms with Crippen molar-refractivity contribution in [3.63, 3.8) is 0 Å². The van der Waals surface area contributed by atoms with E-state index in [0.29, 0.717) is 0 Å². The molecule has 13 rings (SSSR count). The van der Waals surface area contributed by atoms with Crippen LogP contribution in [0, 0.1) is 23.7 Å². The summed E-state index contributed by atoms with van der Waals surface area (Å²) in [5.41, 5.74) is 13.6. The summed E-state index contributed by atoms with van der Waals surface area (Å²) in [5, 5.41) is 5.08. The molecule has 1 heterocycles. The van der Waals surface area contributed by atoms with Gasteiger partial charge in [-0.25, -0.2) is 0 Å². The molecule has 0 aliphatic heterocycles. The van der Waals surface area contributed by atoms with Gasteiger partial charge in [-0.05, 0) is 126 Å². The van der Waals surface area contributed by atoms with Gasteiger partial charge in [0, 0.05) is 38.5 Å². The molecule has 0 amide bonds. The lowest BCUT2D eigenvalue weighted by molar-refractivity contribution is -0.0399. The third kappa shape index (κ3) is 3.80. The molecule has 0 unspecified atom stereocenters. The second-order valence-corrected chi connectivity index (χ2v) is 16.1. The van der Waals surface area contributed by atoms with Crippen LogP contribution in [-0.2, 0) is 5.41 Å². The third-order valence-corrected chi connectivity index (χ3v) is 13.7. The molecule has 2 heteroatoms. The number of aromatic nitrogens is 1. The van der Waals surface area contributed by atoms with Crippen molar-refractivity contribution in [1.29, 1.82) is 0 Å². The van der Waals surface area contributed by atoms with Crippen LogP contribution in [0.3, 0.4) is 0 Å². The normalized spacial score (nSPS) is 23.8. The van der Waals surface area contributed by atoms with Crippen LogP contribution >= 0.6 is 0 Å². The monoisotopic (exact) mass is 668 g/mol. The molecule has 0 saturated heterocycles. The molecular weight excluding hydrogens is 629 g/mol. The van der Waals surface area contributed by atoms with E-state index in [1.165, 1.54) is 98.6 Å². The van der Waals surface area contributed by atoms with Crippen molar-refractivity contribution in [3.05, 3.63) is 169 Å². The Morgan fingerprint density at radius 1 is 0.481 bits per heavy atom. The number of hydrogen-bond donors (Lipinski definition) is 0. The molecule has 5 aliphatic rings. The van der Waals surface area contributed by atoms with Crippen molar-refractivity contribution in [2.45, 2.75) is 37.5 Å². The molecule has 250 valence electrons. The van der Waals surface area contributed by atoms with E-state index in [1.54, 1.807) is 11.1 Å². The van der Waals surface area contributed by atoms with Crippen LogP contribution in [0.5, 0.6) is 0 Å². The fourth-order valence-electron chi connectivity index (χ4n) is 12.1. The summed E-state index contributed by atoms with van der Waals surface area (Å²) in [7, 11) is 0. The summed E-state index contributed by atoms with van der Waals surface area (Å²) in [5.74, 6) is 3.30. The molecule has 2 nitrogen and oxygen atoms in total. The maximum absolute atomic E-state index is 2.60. The minimum Gasteiger partial charge on any atom is -0.309 e. The lowest BCUT2D eigenvalue weighted by atomic mass is 9.43. The number of fused-ring (bicyclic) bond motifs is 7. The molecule has 52 heavy (non-hydrogen) atoms. The van der Waals surface area contributed by atoms with Gasteiger partial charge < -0.3 is 9.47 Å². The molecule has 4 saturated carbocycles. The number of para-hydroxylation sites is 2. The van der Waals surface area contributed by atoms with Crippen molar-refractivity contribution in [2.75, 3.05) is 4.90 Å². The van der Waals surface area contributed by atoms with Crippen LogP contribution in [-0.4, -0.2) is 4.57 Å². The van der Waals surface area contributed by atoms with Gasteiger partial charge in [0.25, 0.3) is 0 Å². The Labute approximate surface area is 305 Å². The van der Waals surface area contributed by atoms with E-state index in [4.69, 9.17) is 0 Å². The van der Waals surface area contributed by atoms with Crippen molar-refractivity contribution in [2.24, 2.45) is 23.7 Å². The smallest absolute Gasteiger partial charge is 0.0543 e. The first-order chi connectivity index (χ1) is 25.8. The summed E-state index contributed by atoms with van der Waals surface area (Å²) in [4.78, 5) is 2.60. The van der Waals surface area contributed by atoms with E-state index in [2.05, 4.69) is 167 Å². The quantitative estimate of drug-likeness (QED) is 0.181. The molecule has 1 aromatic heterocycles. The van der Waals surface area contributed by atoms with Crippen LogP contribution in [0.2, 0.25) is 0 Å². The lowest BCUT2D eigenvalue weighted by Gasteiger charge is -2.61. The third-order valence-electron chi connectivity index (χ3n) is 13.7. The maximum Gasteiger partial charge on any atom is 0.0543 e. The highest BCUT2D eigenvalue weighted by molar-refractivity contribution is 6.11. The number of benzene rings is 7. The summed E-state index contributed by atoms with van der Waals surface area (Å²) in [6.07, 6.45) is 7.02. The predicted octanol–water partition coefficient (Wildman–Crippen LogP) is 13.1. The van der Waals surface area contributed by atoms with Gasteiger partial charge in [-0.15, -0.1) is 0 Å². The van der Waals surface area contributed by atoms with Crippen LogP contribution in [0.15, 0.2) is 158 Å². The first-order valence-electron chi connectivity index (χ1n) is 19.4. The van der Waals surface area contributed by atoms with Gasteiger partial charge >= 0.3 is 0 Å². The summed E-state index contributed by atoms with van der Waals surface area (Å²) < 4.78 is 2.42. The Hall–Kier alpha value is -5.60. The highest BCUT2D eigenvalue weighted by atomic mass is 15.1. The minimum atomic E-state index is 0.118. The molecule has 1 spiro atoms. The van der Waals surface area contributed by atoms with Crippen molar-refractivity contribution in [1.82, 2.24) is 4.57 Å². The molecule has 8 aromatic rings. The second kappa shape index (κ2) is 10.7. The van der Waals surface area contributed by atoms with E-state index in [-0.39, 0.29) is 5.41 Å². The molecule has 4 fully saturated rings. The molecule has 7 aromatic carbocycles. The van der Waals surface area contributed by atoms with Gasteiger partial charge in [0.2, 0.25) is 0 Å². The van der Waals surface area contributed by atoms with Crippen LogP contribution in [0.1, 0.15) is 43.2 Å². The minimum absolute atomic E-state index is 0.118. The van der Waals surface area contributed by atoms with Crippen molar-refractivity contribution >= 4 is 49.6 Å². The first-order valence-corrected chi connectivity index (χ1v) is 19.4. The van der Waals surface area contributed by atoms with Crippen LogP contribution in [0.4, 0.5) is 17.1 Å². The Bertz CT molecular complexity index is 2680. The van der Waals surface area contributed by atoms with E-state index >= 15 is 0 Å². The fraction of sp³-hybridized carbons (Fsp3) is 0.200. The molecule has 4 bridgehead atoms. The molecule has 0 N–H and O–H groups in total. The number of nitrogens with zero attached hydrogens (tertiary/aromatic N) is 2. The van der Waals surface area contributed by atoms with E-state index in [0.717, 1.165) is 23.7 Å². The summed E-state index contributed by atoms with van der Waals surface area (Å²) in [6, 6.07) is 59.4. The Kier molecular flexibility index (Phi) is 5.98. The summed E-state index contributed by atoms with van der Waals surface area (Å²) in [6.45, 7) is 0. The topological polar surface area (TPSA) is 8.17 Å². The predicted molar refractivity (Wildman–Crippen MR) is 216 cm³/mol. The second-order valence-electron chi connectivity index (χ2n) is 16.1. The van der Waals surface area contributed by atoms with Gasteiger partial charge in [-0.2, -0.15) is 0 Å². The fourth-order valence-corrected chi connectivity index (χ4v) is 12.1. The van der Waals surface area contributed by atoms with Gasteiger partial charge in [-0.1, -0.05) is 109 Å². The first kappa shape index (κ1) is 29.0. The molecule has 0 atom stereocenters. The van der Waals surface area contributed by atoms with Crippen LogP contribution in [0.25, 0.3) is 49.4 Å². The number of hydrogen-bond acceptors (Lipinski definition) is 1. The standard InChI is InChI=1S/C50H40N2/c1-2-14-37(15-3-1)51-46-21-9-7-17-40(46)42-31-38(24-25-47(42)51)52(45-22-10-13-34-12-4-5-16-39(34)45)48-23-11-20-44-49(48)41-18-6-8-19-43(41)50(44)35-27-32-26-33(29-35)30-36(50)28-32/h1-25,31-33,35-36H,26-30H2. The SMILES string of the molecule is c1ccc(-n2c3ccccc3c3cc(N(c4cccc5c4-c4ccccc4C54C5CC6CC(C5)CC4C6)c4cccc5ccccc45)ccc32)cc1. The molecule has 5 aliphatic carbocycles. The number of anilines is 3. The molecule has 0 radical (unpaired) electrons. The van der Waals surface area contributed by atoms with Crippen LogP contribution < -0.4 is 4.90 Å². The zero-order valence-corrected chi connectivity index (χ0v) is 29.3. The zero-order chi connectivity index (χ0) is 34.0. The van der Waals surface area contributed by atoms with Crippen molar-refractivity contribution in [3.8, 4) is 16.8 Å². The highest BCUT2D eigenvalue weighted by Crippen LogP contribution is 2.70. The lowest BCUT2D eigenvalue weighted by Crippen LogP contribution is -2.55. The van der Waals surface area contributed by atoms with Gasteiger partial charge in [0.1, 0.15) is 0 Å². The zero-order valence-electron chi connectivity index (χ0n) is 29.3. The Morgan fingerprint density at radius 2 is 1.12 bits per heavy atom. The Balaban J connectivity index is 1.15. The maximum atomic E-state index is 2.60. The van der Waals surface area contributed by atoms with E-state index in [9.17, 15) is 0 Å². The number of rotatable bonds is 4. The Morgan fingerprint density at radius 3 is 1.96 bits per heavy atom. The van der Waals surface area contributed by atoms with E-state index < -0.39 is 0 Å².